The predicted molar refractivity (Wildman–Crippen MR) is 74.8 cm³/mol. The molecule has 0 unspecified atom stereocenters. The Bertz CT molecular complexity index is 548. The number of nitrogens with one attached hydrogen (secondary N) is 1. The number of hydrogen-bond acceptors (Lipinski definition) is 5. The number of halogens is 1. The summed E-state index contributed by atoms with van der Waals surface area (Å²) in [5, 5.41) is 16.8. The fraction of sp³-hybridized carbons (Fsp3) is 0.333. The van der Waals surface area contributed by atoms with Crippen molar-refractivity contribution in [3.8, 4) is 0 Å². The van der Waals surface area contributed by atoms with Crippen LogP contribution in [0.2, 0.25) is 5.02 Å². The zero-order valence-corrected chi connectivity index (χ0v) is 12.1. The molecule has 0 spiro atoms. The lowest BCUT2D eigenvalue weighted by Gasteiger charge is -2.10. The van der Waals surface area contributed by atoms with Crippen molar-refractivity contribution in [1.29, 1.82) is 0 Å². The second-order valence-corrected chi connectivity index (χ2v) is 5.95. The Hall–Kier alpha value is -1.28. The molecule has 0 saturated carbocycles. The number of aromatic nitrogens is 3. The van der Waals surface area contributed by atoms with Crippen LogP contribution in [0.1, 0.15) is 5.56 Å². The van der Waals surface area contributed by atoms with E-state index in [1.807, 2.05) is 12.1 Å². The van der Waals surface area contributed by atoms with Gasteiger partial charge in [0.25, 0.3) is 0 Å². The summed E-state index contributed by atoms with van der Waals surface area (Å²) in [6.07, 6.45) is 0.449. The minimum Gasteiger partial charge on any atom is -0.390 e. The van der Waals surface area contributed by atoms with E-state index in [-0.39, 0.29) is 17.5 Å². The average molecular weight is 316 g/mol. The second-order valence-electron chi connectivity index (χ2n) is 4.10. The van der Waals surface area contributed by atoms with Crippen molar-refractivity contribution in [1.82, 2.24) is 15.2 Å². The van der Waals surface area contributed by atoms with Crippen LogP contribution >= 0.6 is 11.6 Å². The number of ether oxygens (including phenoxy) is 1. The summed E-state index contributed by atoms with van der Waals surface area (Å²) in [6, 6.07) is 7.24. The van der Waals surface area contributed by atoms with Crippen molar-refractivity contribution < 1.29 is 14.1 Å². The monoisotopic (exact) mass is 315 g/mol. The lowest BCUT2D eigenvalue weighted by atomic mass is 10.2. The third-order valence-corrected chi connectivity index (χ3v) is 4.01. The highest BCUT2D eigenvalue weighted by molar-refractivity contribution is 7.84. The van der Waals surface area contributed by atoms with Crippen LogP contribution in [-0.4, -0.2) is 43.0 Å². The molecule has 0 saturated heterocycles. The molecule has 0 fully saturated rings. The SMILES string of the molecule is O=[S@](C[C@H](O)COCc1ccc(Cl)cc1)c1ncn[nH]1. The molecule has 0 aliphatic rings. The Balaban J connectivity index is 1.71. The quantitative estimate of drug-likeness (QED) is 0.800. The van der Waals surface area contributed by atoms with E-state index in [0.717, 1.165) is 5.56 Å². The third-order valence-electron chi connectivity index (χ3n) is 2.44. The summed E-state index contributed by atoms with van der Waals surface area (Å²) in [5.74, 6) is 0.0514. The van der Waals surface area contributed by atoms with Gasteiger partial charge < -0.3 is 9.84 Å². The van der Waals surface area contributed by atoms with Crippen molar-refractivity contribution in [2.24, 2.45) is 0 Å². The zero-order valence-electron chi connectivity index (χ0n) is 10.5. The van der Waals surface area contributed by atoms with Crippen molar-refractivity contribution in [3.05, 3.63) is 41.2 Å². The molecule has 0 bridgehead atoms. The van der Waals surface area contributed by atoms with Gasteiger partial charge in [0.2, 0.25) is 5.16 Å². The molecule has 2 aromatic rings. The largest absolute Gasteiger partial charge is 0.390 e. The summed E-state index contributed by atoms with van der Waals surface area (Å²) in [7, 11) is -1.41. The molecule has 0 radical (unpaired) electrons. The van der Waals surface area contributed by atoms with Gasteiger partial charge in [-0.2, -0.15) is 5.10 Å². The Kier molecular flexibility index (Phi) is 5.66. The smallest absolute Gasteiger partial charge is 0.214 e. The van der Waals surface area contributed by atoms with Crippen LogP contribution in [0, 0.1) is 0 Å². The minimum atomic E-state index is -1.41. The lowest BCUT2D eigenvalue weighted by Crippen LogP contribution is -2.23. The molecule has 0 aliphatic carbocycles. The highest BCUT2D eigenvalue weighted by Crippen LogP contribution is 2.10. The number of H-pyrrole nitrogens is 1. The molecule has 6 nitrogen and oxygen atoms in total. The topological polar surface area (TPSA) is 88.1 Å². The Morgan fingerprint density at radius 2 is 2.15 bits per heavy atom. The van der Waals surface area contributed by atoms with Crippen molar-refractivity contribution >= 4 is 22.4 Å². The van der Waals surface area contributed by atoms with E-state index in [1.54, 1.807) is 12.1 Å². The summed E-state index contributed by atoms with van der Waals surface area (Å²) >= 11 is 5.77. The number of aromatic amines is 1. The van der Waals surface area contributed by atoms with Gasteiger partial charge in [0, 0.05) is 5.02 Å². The van der Waals surface area contributed by atoms with Gasteiger partial charge in [0.15, 0.2) is 0 Å². The van der Waals surface area contributed by atoms with Gasteiger partial charge >= 0.3 is 0 Å². The van der Waals surface area contributed by atoms with E-state index in [2.05, 4.69) is 15.2 Å². The number of aliphatic hydroxyl groups excluding tert-OH is 1. The molecular formula is C12H14ClN3O3S. The molecule has 108 valence electrons. The second kappa shape index (κ2) is 7.49. The molecule has 1 heterocycles. The van der Waals surface area contributed by atoms with Crippen molar-refractivity contribution in [2.75, 3.05) is 12.4 Å². The summed E-state index contributed by atoms with van der Waals surface area (Å²) in [4.78, 5) is 3.77. The molecule has 2 rings (SSSR count). The van der Waals surface area contributed by atoms with Gasteiger partial charge in [-0.25, -0.2) is 4.98 Å². The number of benzene rings is 1. The first-order valence-electron chi connectivity index (χ1n) is 5.89. The van der Waals surface area contributed by atoms with Crippen LogP contribution < -0.4 is 0 Å². The normalized spacial score (nSPS) is 14.1. The van der Waals surface area contributed by atoms with E-state index in [1.165, 1.54) is 6.33 Å². The highest BCUT2D eigenvalue weighted by atomic mass is 35.5. The van der Waals surface area contributed by atoms with E-state index >= 15 is 0 Å². The molecule has 1 aromatic carbocycles. The predicted octanol–water partition coefficient (Wildman–Crippen LogP) is 1.14. The maximum absolute atomic E-state index is 11.7. The number of rotatable bonds is 7. The highest BCUT2D eigenvalue weighted by Gasteiger charge is 2.13. The Labute approximate surface area is 123 Å². The van der Waals surface area contributed by atoms with Gasteiger partial charge in [0.05, 0.1) is 35.9 Å². The minimum absolute atomic E-state index is 0.0514. The Morgan fingerprint density at radius 3 is 2.80 bits per heavy atom. The lowest BCUT2D eigenvalue weighted by molar-refractivity contribution is 0.0394. The maximum atomic E-state index is 11.7. The van der Waals surface area contributed by atoms with E-state index in [9.17, 15) is 9.32 Å². The van der Waals surface area contributed by atoms with Crippen molar-refractivity contribution in [2.45, 2.75) is 17.9 Å². The van der Waals surface area contributed by atoms with Crippen LogP contribution in [0.4, 0.5) is 0 Å². The molecule has 8 heteroatoms. The molecule has 0 aliphatic heterocycles. The molecule has 2 N–H and O–H groups in total. The number of aliphatic hydroxyl groups is 1. The van der Waals surface area contributed by atoms with E-state index in [0.29, 0.717) is 11.6 Å². The molecular weight excluding hydrogens is 302 g/mol. The fourth-order valence-electron chi connectivity index (χ4n) is 1.50. The van der Waals surface area contributed by atoms with Crippen LogP contribution in [0.5, 0.6) is 0 Å². The first kappa shape index (κ1) is 15.1. The standard InChI is InChI=1S/C12H14ClN3O3S/c13-10-3-1-9(2-4-10)5-19-6-11(17)7-20(18)12-14-8-15-16-12/h1-4,8,11,17H,5-7H2,(H,14,15,16)/t11-,20-/m1/s1. The zero-order chi connectivity index (χ0) is 14.4. The van der Waals surface area contributed by atoms with Crippen LogP contribution in [0.15, 0.2) is 35.7 Å². The van der Waals surface area contributed by atoms with Gasteiger partial charge in [-0.05, 0) is 17.7 Å². The number of nitrogens with zero attached hydrogens (tertiary/aromatic N) is 2. The van der Waals surface area contributed by atoms with Crippen molar-refractivity contribution in [3.63, 3.8) is 0 Å². The van der Waals surface area contributed by atoms with E-state index in [4.69, 9.17) is 16.3 Å². The first-order valence-corrected chi connectivity index (χ1v) is 7.59. The van der Waals surface area contributed by atoms with Crippen LogP contribution in [0.3, 0.4) is 0 Å². The maximum Gasteiger partial charge on any atom is 0.214 e. The number of hydrogen-bond donors (Lipinski definition) is 2. The average Bonchev–Trinajstić information content (AvgIpc) is 2.95. The molecule has 2 atom stereocenters. The fourth-order valence-corrected chi connectivity index (χ4v) is 2.55. The summed E-state index contributed by atoms with van der Waals surface area (Å²) in [5.41, 5.74) is 0.956. The molecule has 1 aromatic heterocycles. The molecule has 0 amide bonds. The van der Waals surface area contributed by atoms with Gasteiger partial charge in [0.1, 0.15) is 6.33 Å². The van der Waals surface area contributed by atoms with Crippen LogP contribution in [0.25, 0.3) is 0 Å². The molecule has 20 heavy (non-hydrogen) atoms. The first-order chi connectivity index (χ1) is 9.65. The van der Waals surface area contributed by atoms with Gasteiger partial charge in [-0.3, -0.25) is 9.31 Å². The van der Waals surface area contributed by atoms with Gasteiger partial charge in [-0.1, -0.05) is 23.7 Å². The third kappa shape index (κ3) is 4.68. The van der Waals surface area contributed by atoms with Crippen LogP contribution in [-0.2, 0) is 22.1 Å². The Morgan fingerprint density at radius 1 is 1.40 bits per heavy atom. The van der Waals surface area contributed by atoms with Gasteiger partial charge in [-0.15, -0.1) is 0 Å². The summed E-state index contributed by atoms with van der Waals surface area (Å²) in [6.45, 7) is 0.464. The summed E-state index contributed by atoms with van der Waals surface area (Å²) < 4.78 is 17.1. The van der Waals surface area contributed by atoms with E-state index < -0.39 is 16.9 Å².